The van der Waals surface area contributed by atoms with Crippen molar-refractivity contribution in [2.24, 2.45) is 5.16 Å². The lowest BCUT2D eigenvalue weighted by Gasteiger charge is -2.04. The van der Waals surface area contributed by atoms with E-state index in [2.05, 4.69) is 9.99 Å². The Morgan fingerprint density at radius 1 is 0.700 bits per heavy atom. The van der Waals surface area contributed by atoms with Gasteiger partial charge in [0.15, 0.2) is 0 Å². The molecule has 14 heteroatoms. The standard InChI is InChI=1S/C18H16N2O5.C15H12N2O3.C3H6O2/c1-3-17(21)25-19-12(2)18(22)15-6-4-13(5-7-15)14-8-10-16(11-9-14)20(23)24;1-10(16)15(18)12-8-6-11(7-9-12)13-4-2-3-5-14(13)17(19)20;1-2-3(4)5/h4-11H,3H2,1-2H3;2-9,16H,1H3;2H2,1H3,(H,4,5)/b19-12-;;. The van der Waals surface area contributed by atoms with Crippen molar-refractivity contribution in [1.82, 2.24) is 0 Å². The van der Waals surface area contributed by atoms with Crippen LogP contribution in [0.3, 0.4) is 0 Å². The van der Waals surface area contributed by atoms with Crippen LogP contribution in [0.2, 0.25) is 0 Å². The number of ketones is 2. The minimum Gasteiger partial charge on any atom is -0.481 e. The quantitative estimate of drug-likeness (QED) is 0.0515. The third kappa shape index (κ3) is 11.8. The van der Waals surface area contributed by atoms with Gasteiger partial charge < -0.3 is 15.4 Å². The number of hydrogen-bond acceptors (Lipinski definition) is 11. The van der Waals surface area contributed by atoms with Gasteiger partial charge in [-0.3, -0.25) is 34.6 Å². The van der Waals surface area contributed by atoms with Crippen LogP contribution in [0.1, 0.15) is 61.3 Å². The second-order valence-electron chi connectivity index (χ2n) is 10.3. The van der Waals surface area contributed by atoms with E-state index in [1.807, 2.05) is 0 Å². The topological polar surface area (TPSA) is 220 Å². The summed E-state index contributed by atoms with van der Waals surface area (Å²) in [7, 11) is 0. The molecule has 0 saturated carbocycles. The van der Waals surface area contributed by atoms with E-state index in [1.165, 1.54) is 32.0 Å². The molecule has 4 aromatic carbocycles. The summed E-state index contributed by atoms with van der Waals surface area (Å²) < 4.78 is 0. The van der Waals surface area contributed by atoms with Crippen molar-refractivity contribution >= 4 is 46.3 Å². The van der Waals surface area contributed by atoms with Gasteiger partial charge in [-0.2, -0.15) is 0 Å². The zero-order valence-corrected chi connectivity index (χ0v) is 27.6. The van der Waals surface area contributed by atoms with Crippen molar-refractivity contribution in [3.05, 3.63) is 128 Å². The summed E-state index contributed by atoms with van der Waals surface area (Å²) in [6.45, 7) is 6.13. The van der Waals surface area contributed by atoms with Gasteiger partial charge in [-0.15, -0.1) is 0 Å². The molecular weight excluding hydrogens is 648 g/mol. The molecule has 4 aromatic rings. The number of benzene rings is 4. The fourth-order valence-electron chi connectivity index (χ4n) is 3.92. The van der Waals surface area contributed by atoms with Gasteiger partial charge in [0.1, 0.15) is 5.71 Å². The molecule has 0 aliphatic heterocycles. The summed E-state index contributed by atoms with van der Waals surface area (Å²) in [5, 5.41) is 40.2. The number of Topliss-reactive ketones (excluding diaryl/α,β-unsaturated/α-hetero) is 2. The Morgan fingerprint density at radius 2 is 1.16 bits per heavy atom. The molecule has 0 unspecified atom stereocenters. The van der Waals surface area contributed by atoms with Crippen molar-refractivity contribution in [2.45, 2.75) is 40.5 Å². The van der Waals surface area contributed by atoms with Crippen LogP contribution in [0.5, 0.6) is 0 Å². The number of carboxylic acid groups (broad SMARTS) is 1. The normalized spacial score (nSPS) is 10.3. The van der Waals surface area contributed by atoms with Crippen LogP contribution in [0.25, 0.3) is 22.3 Å². The van der Waals surface area contributed by atoms with E-state index in [-0.39, 0.29) is 47.2 Å². The number of oxime groups is 1. The van der Waals surface area contributed by atoms with E-state index in [0.29, 0.717) is 22.3 Å². The Hall–Kier alpha value is -6.70. The van der Waals surface area contributed by atoms with E-state index in [9.17, 15) is 39.4 Å². The van der Waals surface area contributed by atoms with Gasteiger partial charge in [-0.25, -0.2) is 4.79 Å². The predicted molar refractivity (Wildman–Crippen MR) is 187 cm³/mol. The highest BCUT2D eigenvalue weighted by molar-refractivity contribution is 6.45. The maximum atomic E-state index is 12.2. The Bertz CT molecular complexity index is 1900. The maximum Gasteiger partial charge on any atom is 0.334 e. The molecule has 0 saturated heterocycles. The van der Waals surface area contributed by atoms with Crippen molar-refractivity contribution in [1.29, 1.82) is 5.41 Å². The van der Waals surface area contributed by atoms with Crippen LogP contribution in [0, 0.1) is 25.6 Å². The monoisotopic (exact) mass is 682 g/mol. The van der Waals surface area contributed by atoms with E-state index in [0.717, 1.165) is 11.1 Å². The molecule has 0 fully saturated rings. The molecule has 0 atom stereocenters. The SMILES string of the molecule is CC(=N)C(=O)c1ccc(-c2ccccc2[N+](=O)[O-])cc1.CCC(=O)O.CCC(=O)O/N=C(/C)C(=O)c1ccc(-c2ccc([N+](=O)[O-])cc2)cc1. The Labute approximate surface area is 286 Å². The molecule has 258 valence electrons. The average Bonchev–Trinajstić information content (AvgIpc) is 3.13. The lowest BCUT2D eigenvalue weighted by atomic mass is 10.00. The first-order valence-corrected chi connectivity index (χ1v) is 15.0. The van der Waals surface area contributed by atoms with E-state index >= 15 is 0 Å². The largest absolute Gasteiger partial charge is 0.481 e. The van der Waals surface area contributed by atoms with Gasteiger partial charge in [0, 0.05) is 42.2 Å². The van der Waals surface area contributed by atoms with Crippen LogP contribution in [0.15, 0.2) is 102 Å². The first kappa shape index (κ1) is 39.5. The molecule has 0 bridgehead atoms. The molecule has 0 aliphatic rings. The lowest BCUT2D eigenvalue weighted by Crippen LogP contribution is -2.12. The molecule has 0 spiro atoms. The fraction of sp³-hybridized carbons (Fsp3) is 0.167. The van der Waals surface area contributed by atoms with Gasteiger partial charge in [0.2, 0.25) is 11.6 Å². The summed E-state index contributed by atoms with van der Waals surface area (Å²) in [6.07, 6.45) is 0.398. The molecule has 0 heterocycles. The van der Waals surface area contributed by atoms with Gasteiger partial charge >= 0.3 is 11.9 Å². The number of nitro groups is 2. The second kappa shape index (κ2) is 19.2. The molecule has 0 aromatic heterocycles. The lowest BCUT2D eigenvalue weighted by molar-refractivity contribution is -0.384. The predicted octanol–water partition coefficient (Wildman–Crippen LogP) is 7.74. The smallest absolute Gasteiger partial charge is 0.334 e. The summed E-state index contributed by atoms with van der Waals surface area (Å²) in [5.41, 5.74) is 3.66. The first-order chi connectivity index (χ1) is 23.7. The molecule has 0 amide bonds. The molecule has 4 rings (SSSR count). The van der Waals surface area contributed by atoms with Crippen LogP contribution in [-0.4, -0.2) is 49.9 Å². The fourth-order valence-corrected chi connectivity index (χ4v) is 3.92. The Morgan fingerprint density at radius 3 is 1.60 bits per heavy atom. The van der Waals surface area contributed by atoms with Gasteiger partial charge in [-0.1, -0.05) is 79.7 Å². The number of rotatable bonds is 11. The number of nitrogens with zero attached hydrogens (tertiary/aromatic N) is 3. The van der Waals surface area contributed by atoms with E-state index < -0.39 is 21.8 Å². The van der Waals surface area contributed by atoms with E-state index in [1.54, 1.807) is 92.7 Å². The number of non-ortho nitro benzene ring substituents is 1. The Kier molecular flexibility index (Phi) is 15.2. The average molecular weight is 683 g/mol. The second-order valence-corrected chi connectivity index (χ2v) is 10.3. The summed E-state index contributed by atoms with van der Waals surface area (Å²) >= 11 is 0. The summed E-state index contributed by atoms with van der Waals surface area (Å²) in [5.74, 6) is -1.95. The highest BCUT2D eigenvalue weighted by Crippen LogP contribution is 2.29. The highest BCUT2D eigenvalue weighted by atomic mass is 16.7. The molecule has 50 heavy (non-hydrogen) atoms. The zero-order chi connectivity index (χ0) is 37.4. The van der Waals surface area contributed by atoms with Crippen molar-refractivity contribution < 1.29 is 39.0 Å². The minimum absolute atomic E-state index is 0.0176. The number of carbonyl (C=O) groups excluding carboxylic acids is 3. The third-order valence-corrected chi connectivity index (χ3v) is 6.66. The van der Waals surface area contributed by atoms with E-state index in [4.69, 9.17) is 10.5 Å². The molecule has 14 nitrogen and oxygen atoms in total. The van der Waals surface area contributed by atoms with Crippen molar-refractivity contribution in [2.75, 3.05) is 0 Å². The number of nitrogens with one attached hydrogen (secondary N) is 1. The number of hydrogen-bond donors (Lipinski definition) is 2. The minimum atomic E-state index is -0.745. The maximum absolute atomic E-state index is 12.2. The van der Waals surface area contributed by atoms with Crippen LogP contribution < -0.4 is 0 Å². The number of nitro benzene ring substituents is 2. The van der Waals surface area contributed by atoms with Gasteiger partial charge in [0.25, 0.3) is 11.4 Å². The van der Waals surface area contributed by atoms with Crippen molar-refractivity contribution in [3.8, 4) is 22.3 Å². The first-order valence-electron chi connectivity index (χ1n) is 15.0. The van der Waals surface area contributed by atoms with Crippen LogP contribution in [-0.2, 0) is 14.4 Å². The number of para-hydroxylation sites is 1. The zero-order valence-electron chi connectivity index (χ0n) is 27.6. The third-order valence-electron chi connectivity index (χ3n) is 6.66. The van der Waals surface area contributed by atoms with Gasteiger partial charge in [0.05, 0.1) is 21.1 Å². The van der Waals surface area contributed by atoms with Crippen LogP contribution >= 0.6 is 0 Å². The number of aliphatic carboxylic acids is 1. The summed E-state index contributed by atoms with van der Waals surface area (Å²) in [4.78, 5) is 69.6. The molecular formula is C36H34N4O10. The Balaban J connectivity index is 0.000000311. The molecule has 0 radical (unpaired) electrons. The summed E-state index contributed by atoms with van der Waals surface area (Å²) in [6, 6.07) is 25.8. The van der Waals surface area contributed by atoms with Crippen molar-refractivity contribution in [3.63, 3.8) is 0 Å². The van der Waals surface area contributed by atoms with Gasteiger partial charge in [-0.05, 0) is 48.7 Å². The number of carbonyl (C=O) groups is 4. The molecule has 2 N–H and O–H groups in total. The number of carboxylic acids is 1. The van der Waals surface area contributed by atoms with Crippen LogP contribution in [0.4, 0.5) is 11.4 Å². The molecule has 0 aliphatic carbocycles. The highest BCUT2D eigenvalue weighted by Gasteiger charge is 2.15.